The van der Waals surface area contributed by atoms with Crippen molar-refractivity contribution in [2.75, 3.05) is 11.5 Å². The normalized spacial score (nSPS) is 21.4. The highest BCUT2D eigenvalue weighted by atomic mass is 19.1. The Morgan fingerprint density at radius 3 is 2.25 bits per heavy atom. The van der Waals surface area contributed by atoms with Gasteiger partial charge in [-0.25, -0.2) is 8.78 Å². The van der Waals surface area contributed by atoms with E-state index in [1.807, 2.05) is 0 Å². The molecule has 240 valence electrons. The minimum atomic E-state index is -2.18. The van der Waals surface area contributed by atoms with Crippen LogP contribution in [0, 0.1) is 11.7 Å². The first-order valence-corrected chi connectivity index (χ1v) is 13.9. The molecule has 7 unspecified atom stereocenters. The Bertz CT molecular complexity index is 1310. The number of benzene rings is 1. The van der Waals surface area contributed by atoms with E-state index in [1.54, 1.807) is 6.92 Å². The molecule has 1 heterocycles. The lowest BCUT2D eigenvalue weighted by Crippen LogP contribution is -2.62. The van der Waals surface area contributed by atoms with Crippen LogP contribution in [-0.4, -0.2) is 85.6 Å². The number of carbonyl (C=O) groups is 2. The van der Waals surface area contributed by atoms with Crippen LogP contribution in [0.1, 0.15) is 26.7 Å². The van der Waals surface area contributed by atoms with Gasteiger partial charge in [-0.05, 0) is 74.3 Å². The molecule has 2 amide bonds. The fraction of sp³-hybridized carbons (Fsp3) is 0.375. The minimum absolute atomic E-state index is 0.106. The van der Waals surface area contributed by atoms with E-state index >= 15 is 0 Å². The van der Waals surface area contributed by atoms with E-state index in [9.17, 15) is 43.9 Å². The fourth-order valence-electron chi connectivity index (χ4n) is 4.55. The Morgan fingerprint density at radius 1 is 1.07 bits per heavy atom. The number of hydrogen-bond acceptors (Lipinski definition) is 8. The highest BCUT2D eigenvalue weighted by molar-refractivity contribution is 6.04. The number of hydrogen-bond donors (Lipinski definition) is 7. The lowest BCUT2D eigenvalue weighted by molar-refractivity contribution is -0.148. The summed E-state index contributed by atoms with van der Waals surface area (Å²) in [5, 5.41) is 61.6. The molecule has 1 aliphatic heterocycles. The first kappa shape index (κ1) is 36.4. The number of nitrogens with zero attached hydrogens (tertiary/aromatic N) is 1. The van der Waals surface area contributed by atoms with Crippen LogP contribution in [0.25, 0.3) is 0 Å². The number of anilines is 1. The number of β-lactam (4-membered cyclic amide) rings is 1. The van der Waals surface area contributed by atoms with Gasteiger partial charge in [-0.2, -0.15) is 0 Å². The lowest BCUT2D eigenvalue weighted by atomic mass is 9.77. The summed E-state index contributed by atoms with van der Waals surface area (Å²) < 4.78 is 27.1. The molecule has 1 aromatic carbocycles. The molecule has 12 heteroatoms. The molecule has 7 N–H and O–H groups in total. The topological polar surface area (TPSA) is 171 Å². The van der Waals surface area contributed by atoms with E-state index in [1.165, 1.54) is 66.5 Å². The third kappa shape index (κ3) is 9.11. The molecule has 0 radical (unpaired) electrons. The Hall–Kier alpha value is -3.78. The standard InChI is InChI=1S/C32H40F2N2O8/c1-5-19(16-22(7-3)35-31(43)30(42)29(41)28(40)26(39)17-37)27-24(14-15-25(38)18(4)8-9-20(33)6-2)32(44)36(27)23-12-10-21(34)11-13-23/h5-13,16,24-30,37-42H,1,4,14-15,17H2,2-3H3,(H,35,43)/b9-8-,19-16+,20-6+,22-7+. The number of aliphatic hydroxyl groups is 6. The van der Waals surface area contributed by atoms with E-state index in [4.69, 9.17) is 5.11 Å². The highest BCUT2D eigenvalue weighted by Gasteiger charge is 2.49. The summed E-state index contributed by atoms with van der Waals surface area (Å²) in [7, 11) is 0. The maximum absolute atomic E-state index is 13.6. The molecule has 7 atom stereocenters. The first-order chi connectivity index (χ1) is 20.8. The van der Waals surface area contributed by atoms with Gasteiger partial charge in [0.05, 0.1) is 24.7 Å². The van der Waals surface area contributed by atoms with Gasteiger partial charge in [-0.15, -0.1) is 0 Å². The summed E-state index contributed by atoms with van der Waals surface area (Å²) in [5.74, 6) is -3.14. The molecular weight excluding hydrogens is 578 g/mol. The maximum Gasteiger partial charge on any atom is 0.256 e. The molecule has 0 aromatic heterocycles. The average Bonchev–Trinajstić information content (AvgIpc) is 3.03. The number of aliphatic hydroxyl groups excluding tert-OH is 6. The zero-order valence-corrected chi connectivity index (χ0v) is 24.6. The van der Waals surface area contributed by atoms with Crippen LogP contribution < -0.4 is 10.2 Å². The molecule has 0 bridgehead atoms. The molecular formula is C32H40F2N2O8. The molecule has 1 aromatic rings. The fourth-order valence-corrected chi connectivity index (χ4v) is 4.55. The van der Waals surface area contributed by atoms with Gasteiger partial charge in [0.25, 0.3) is 5.91 Å². The SMILES string of the molecule is C=C/C(=C\C(=C/C)NC(=O)C(O)C(O)C(O)C(O)CO)C1C(CCC(O)C(=C)/C=C\C(F)=C/C)C(=O)N1c1ccc(F)cc1. The van der Waals surface area contributed by atoms with Crippen LogP contribution in [0.5, 0.6) is 0 Å². The minimum Gasteiger partial charge on any atom is -0.394 e. The Balaban J connectivity index is 2.33. The van der Waals surface area contributed by atoms with E-state index < -0.39 is 66.6 Å². The molecule has 10 nitrogen and oxygen atoms in total. The van der Waals surface area contributed by atoms with Gasteiger partial charge in [0.1, 0.15) is 30.0 Å². The maximum atomic E-state index is 13.6. The molecule has 0 saturated carbocycles. The molecule has 44 heavy (non-hydrogen) atoms. The zero-order valence-electron chi connectivity index (χ0n) is 24.6. The summed E-state index contributed by atoms with van der Waals surface area (Å²) in [6.45, 7) is 9.75. The molecule has 1 fully saturated rings. The van der Waals surface area contributed by atoms with Crippen molar-refractivity contribution in [3.05, 3.63) is 102 Å². The zero-order chi connectivity index (χ0) is 33.1. The largest absolute Gasteiger partial charge is 0.394 e. The number of allylic oxidation sites excluding steroid dienone is 5. The molecule has 0 spiro atoms. The third-order valence-electron chi connectivity index (χ3n) is 7.23. The van der Waals surface area contributed by atoms with Crippen molar-refractivity contribution in [1.29, 1.82) is 0 Å². The van der Waals surface area contributed by atoms with Crippen molar-refractivity contribution in [3.8, 4) is 0 Å². The van der Waals surface area contributed by atoms with Crippen LogP contribution in [-0.2, 0) is 9.59 Å². The van der Waals surface area contributed by atoms with E-state index in [-0.39, 0.29) is 30.0 Å². The average molecular weight is 619 g/mol. The van der Waals surface area contributed by atoms with Crippen molar-refractivity contribution in [2.24, 2.45) is 5.92 Å². The van der Waals surface area contributed by atoms with Crippen LogP contribution in [0.3, 0.4) is 0 Å². The quantitative estimate of drug-likeness (QED) is 0.109. The van der Waals surface area contributed by atoms with Gasteiger partial charge >= 0.3 is 0 Å². The van der Waals surface area contributed by atoms with Gasteiger partial charge in [-0.1, -0.05) is 37.5 Å². The number of nitrogens with one attached hydrogen (secondary N) is 1. The van der Waals surface area contributed by atoms with Crippen LogP contribution >= 0.6 is 0 Å². The number of halogens is 2. The van der Waals surface area contributed by atoms with Crippen LogP contribution in [0.4, 0.5) is 14.5 Å². The third-order valence-corrected chi connectivity index (χ3v) is 7.23. The first-order valence-electron chi connectivity index (χ1n) is 13.9. The van der Waals surface area contributed by atoms with Gasteiger partial charge < -0.3 is 40.9 Å². The second-order valence-electron chi connectivity index (χ2n) is 10.2. The summed E-state index contributed by atoms with van der Waals surface area (Å²) >= 11 is 0. The number of carbonyl (C=O) groups excluding carboxylic acids is 2. The van der Waals surface area contributed by atoms with E-state index in [2.05, 4.69) is 18.5 Å². The predicted octanol–water partition coefficient (Wildman–Crippen LogP) is 1.85. The second-order valence-corrected chi connectivity index (χ2v) is 10.2. The van der Waals surface area contributed by atoms with Gasteiger partial charge in [0, 0.05) is 11.4 Å². The van der Waals surface area contributed by atoms with Crippen LogP contribution in [0.15, 0.2) is 96.5 Å². The van der Waals surface area contributed by atoms with Crippen molar-refractivity contribution in [2.45, 2.75) is 63.3 Å². The molecule has 1 aliphatic rings. The van der Waals surface area contributed by atoms with Crippen LogP contribution in [0.2, 0.25) is 0 Å². The van der Waals surface area contributed by atoms with Gasteiger partial charge in [0.15, 0.2) is 6.10 Å². The highest BCUT2D eigenvalue weighted by Crippen LogP contribution is 2.40. The summed E-state index contributed by atoms with van der Waals surface area (Å²) in [6, 6.07) is 4.57. The van der Waals surface area contributed by atoms with Crippen molar-refractivity contribution < 1.29 is 49.0 Å². The number of rotatable bonds is 16. The summed E-state index contributed by atoms with van der Waals surface area (Å²) in [4.78, 5) is 27.4. The number of amides is 2. The Morgan fingerprint density at radius 2 is 1.70 bits per heavy atom. The lowest BCUT2D eigenvalue weighted by Gasteiger charge is -2.48. The van der Waals surface area contributed by atoms with Gasteiger partial charge in [-0.3, -0.25) is 9.59 Å². The smallest absolute Gasteiger partial charge is 0.256 e. The van der Waals surface area contributed by atoms with Crippen molar-refractivity contribution in [3.63, 3.8) is 0 Å². The molecule has 0 aliphatic carbocycles. The van der Waals surface area contributed by atoms with E-state index in [0.717, 1.165) is 6.08 Å². The van der Waals surface area contributed by atoms with Crippen molar-refractivity contribution >= 4 is 17.5 Å². The molecule has 2 rings (SSSR count). The summed E-state index contributed by atoms with van der Waals surface area (Å²) in [6.07, 6.45) is -0.762. The molecule has 1 saturated heterocycles. The second kappa shape index (κ2) is 16.9. The van der Waals surface area contributed by atoms with Crippen molar-refractivity contribution in [1.82, 2.24) is 5.32 Å². The summed E-state index contributed by atoms with van der Waals surface area (Å²) in [5.41, 5.74) is 1.19. The predicted molar refractivity (Wildman–Crippen MR) is 161 cm³/mol. The Labute approximate surface area is 255 Å². The van der Waals surface area contributed by atoms with Gasteiger partial charge in [0.2, 0.25) is 5.91 Å². The monoisotopic (exact) mass is 618 g/mol. The van der Waals surface area contributed by atoms with E-state index in [0.29, 0.717) is 11.3 Å². The Kier molecular flexibility index (Phi) is 14.0.